The SMILES string of the molecule is CC(=O)N1CCN(c2ccc(C)cc2C(C)c2ccc(-c3ccccc3)cc2)CC1. The standard InChI is InChI=1S/C27H30N2O/c1-20-9-14-27(29-17-15-28(16-18-29)22(3)30)26(19-20)21(2)23-10-12-25(13-11-23)24-7-5-4-6-8-24/h4-14,19,21H,15-18H2,1-3H3. The van der Waals surface area contributed by atoms with Crippen LogP contribution in [0.4, 0.5) is 5.69 Å². The summed E-state index contributed by atoms with van der Waals surface area (Å²) in [6, 6.07) is 26.2. The third kappa shape index (κ3) is 4.25. The first-order valence-corrected chi connectivity index (χ1v) is 10.8. The molecule has 0 spiro atoms. The molecule has 0 bridgehead atoms. The van der Waals surface area contributed by atoms with Gasteiger partial charge in [0, 0.05) is 44.7 Å². The number of hydrogen-bond acceptors (Lipinski definition) is 2. The van der Waals surface area contributed by atoms with E-state index < -0.39 is 0 Å². The van der Waals surface area contributed by atoms with Gasteiger partial charge >= 0.3 is 0 Å². The Kier molecular flexibility index (Phi) is 5.89. The summed E-state index contributed by atoms with van der Waals surface area (Å²) in [5, 5.41) is 0. The minimum Gasteiger partial charge on any atom is -0.368 e. The van der Waals surface area contributed by atoms with Crippen LogP contribution >= 0.6 is 0 Å². The Labute approximate surface area is 180 Å². The Morgan fingerprint density at radius 2 is 1.47 bits per heavy atom. The fourth-order valence-electron chi connectivity index (χ4n) is 4.35. The molecule has 3 nitrogen and oxygen atoms in total. The molecule has 1 unspecified atom stereocenters. The van der Waals surface area contributed by atoms with Crippen molar-refractivity contribution in [3.63, 3.8) is 0 Å². The zero-order chi connectivity index (χ0) is 21.1. The molecule has 1 aliphatic rings. The molecule has 1 fully saturated rings. The van der Waals surface area contributed by atoms with Crippen LogP contribution in [0.3, 0.4) is 0 Å². The molecule has 0 radical (unpaired) electrons. The van der Waals surface area contributed by atoms with E-state index in [9.17, 15) is 4.79 Å². The number of hydrogen-bond donors (Lipinski definition) is 0. The molecule has 0 aromatic heterocycles. The maximum Gasteiger partial charge on any atom is 0.219 e. The second-order valence-electron chi connectivity index (χ2n) is 8.27. The molecule has 30 heavy (non-hydrogen) atoms. The number of carbonyl (C=O) groups excluding carboxylic acids is 1. The van der Waals surface area contributed by atoms with Crippen LogP contribution in [0.15, 0.2) is 72.8 Å². The highest BCUT2D eigenvalue weighted by Crippen LogP contribution is 2.34. The summed E-state index contributed by atoms with van der Waals surface area (Å²) in [4.78, 5) is 16.1. The van der Waals surface area contributed by atoms with Gasteiger partial charge < -0.3 is 9.80 Å². The van der Waals surface area contributed by atoms with Crippen molar-refractivity contribution in [1.82, 2.24) is 4.90 Å². The molecule has 0 saturated carbocycles. The predicted molar refractivity (Wildman–Crippen MR) is 125 cm³/mol. The van der Waals surface area contributed by atoms with E-state index in [4.69, 9.17) is 0 Å². The van der Waals surface area contributed by atoms with Crippen molar-refractivity contribution in [1.29, 1.82) is 0 Å². The highest BCUT2D eigenvalue weighted by Gasteiger charge is 2.22. The van der Waals surface area contributed by atoms with Crippen LogP contribution in [0.1, 0.15) is 36.5 Å². The second-order valence-corrected chi connectivity index (χ2v) is 8.27. The van der Waals surface area contributed by atoms with E-state index in [2.05, 4.69) is 91.5 Å². The zero-order valence-corrected chi connectivity index (χ0v) is 18.1. The fraction of sp³-hybridized carbons (Fsp3) is 0.296. The summed E-state index contributed by atoms with van der Waals surface area (Å²) >= 11 is 0. The lowest BCUT2D eigenvalue weighted by atomic mass is 9.89. The average Bonchev–Trinajstić information content (AvgIpc) is 2.79. The number of aryl methyl sites for hydroxylation is 1. The van der Waals surface area contributed by atoms with Gasteiger partial charge in [0.1, 0.15) is 0 Å². The maximum absolute atomic E-state index is 11.7. The summed E-state index contributed by atoms with van der Waals surface area (Å²) < 4.78 is 0. The monoisotopic (exact) mass is 398 g/mol. The first-order valence-electron chi connectivity index (χ1n) is 10.8. The van der Waals surface area contributed by atoms with Gasteiger partial charge in [0.2, 0.25) is 5.91 Å². The van der Waals surface area contributed by atoms with Gasteiger partial charge in [-0.3, -0.25) is 4.79 Å². The normalized spacial score (nSPS) is 15.2. The molecule has 1 aliphatic heterocycles. The van der Waals surface area contributed by atoms with E-state index in [-0.39, 0.29) is 5.91 Å². The second kappa shape index (κ2) is 8.74. The summed E-state index contributed by atoms with van der Waals surface area (Å²) in [5.41, 5.74) is 7.75. The van der Waals surface area contributed by atoms with Gasteiger partial charge in [-0.05, 0) is 35.2 Å². The van der Waals surface area contributed by atoms with Crippen LogP contribution in [0.2, 0.25) is 0 Å². The number of anilines is 1. The maximum atomic E-state index is 11.7. The third-order valence-electron chi connectivity index (χ3n) is 6.23. The summed E-state index contributed by atoms with van der Waals surface area (Å²) in [7, 11) is 0. The van der Waals surface area contributed by atoms with Crippen LogP contribution in [-0.2, 0) is 4.79 Å². The van der Waals surface area contributed by atoms with E-state index in [1.165, 1.54) is 33.5 Å². The Morgan fingerprint density at radius 3 is 2.10 bits per heavy atom. The number of carbonyl (C=O) groups is 1. The Hall–Kier alpha value is -3.07. The summed E-state index contributed by atoms with van der Waals surface area (Å²) in [6.45, 7) is 9.47. The van der Waals surface area contributed by atoms with E-state index in [0.717, 1.165) is 26.2 Å². The topological polar surface area (TPSA) is 23.6 Å². The fourth-order valence-corrected chi connectivity index (χ4v) is 4.35. The molecule has 1 amide bonds. The predicted octanol–water partition coefficient (Wildman–Crippen LogP) is 5.48. The Morgan fingerprint density at radius 1 is 0.833 bits per heavy atom. The number of piperazine rings is 1. The van der Waals surface area contributed by atoms with Crippen molar-refractivity contribution in [2.75, 3.05) is 31.1 Å². The van der Waals surface area contributed by atoms with Crippen LogP contribution in [0, 0.1) is 6.92 Å². The minimum absolute atomic E-state index is 0.172. The molecule has 3 aromatic carbocycles. The molecule has 1 heterocycles. The van der Waals surface area contributed by atoms with Crippen LogP contribution in [0.5, 0.6) is 0 Å². The van der Waals surface area contributed by atoms with Crippen LogP contribution in [-0.4, -0.2) is 37.0 Å². The van der Waals surface area contributed by atoms with Crippen molar-refractivity contribution in [3.8, 4) is 11.1 Å². The molecule has 4 rings (SSSR count). The van der Waals surface area contributed by atoms with Gasteiger partial charge in [-0.15, -0.1) is 0 Å². The molecule has 1 atom stereocenters. The molecule has 154 valence electrons. The highest BCUT2D eigenvalue weighted by atomic mass is 16.2. The molecular weight excluding hydrogens is 368 g/mol. The molecular formula is C27H30N2O. The average molecular weight is 399 g/mol. The summed E-state index contributed by atoms with van der Waals surface area (Å²) in [5.74, 6) is 0.473. The van der Waals surface area contributed by atoms with Crippen molar-refractivity contribution in [2.45, 2.75) is 26.7 Å². The smallest absolute Gasteiger partial charge is 0.219 e. The lowest BCUT2D eigenvalue weighted by molar-refractivity contribution is -0.129. The van der Waals surface area contributed by atoms with Gasteiger partial charge in [0.25, 0.3) is 0 Å². The van der Waals surface area contributed by atoms with Crippen LogP contribution in [0.25, 0.3) is 11.1 Å². The first kappa shape index (κ1) is 20.2. The number of nitrogens with zero attached hydrogens (tertiary/aromatic N) is 2. The van der Waals surface area contributed by atoms with Crippen LogP contribution < -0.4 is 4.90 Å². The summed E-state index contributed by atoms with van der Waals surface area (Å²) in [6.07, 6.45) is 0. The quantitative estimate of drug-likeness (QED) is 0.581. The van der Waals surface area contributed by atoms with E-state index >= 15 is 0 Å². The lowest BCUT2D eigenvalue weighted by Gasteiger charge is -2.37. The van der Waals surface area contributed by atoms with Crippen molar-refractivity contribution < 1.29 is 4.79 Å². The van der Waals surface area contributed by atoms with Crippen molar-refractivity contribution in [2.24, 2.45) is 0 Å². The Balaban J connectivity index is 1.59. The van der Waals surface area contributed by atoms with E-state index in [0.29, 0.717) is 5.92 Å². The van der Waals surface area contributed by atoms with Gasteiger partial charge in [-0.1, -0.05) is 79.2 Å². The van der Waals surface area contributed by atoms with Gasteiger partial charge in [0.05, 0.1) is 0 Å². The van der Waals surface area contributed by atoms with Gasteiger partial charge in [-0.25, -0.2) is 0 Å². The van der Waals surface area contributed by atoms with Crippen molar-refractivity contribution in [3.05, 3.63) is 89.5 Å². The van der Waals surface area contributed by atoms with Crippen molar-refractivity contribution >= 4 is 11.6 Å². The number of benzene rings is 3. The number of amides is 1. The highest BCUT2D eigenvalue weighted by molar-refractivity contribution is 5.73. The zero-order valence-electron chi connectivity index (χ0n) is 18.1. The Bertz CT molecular complexity index is 1000. The third-order valence-corrected chi connectivity index (χ3v) is 6.23. The first-order chi connectivity index (χ1) is 14.5. The van der Waals surface area contributed by atoms with E-state index in [1.807, 2.05) is 4.90 Å². The molecule has 0 aliphatic carbocycles. The largest absolute Gasteiger partial charge is 0.368 e. The van der Waals surface area contributed by atoms with Gasteiger partial charge in [0.15, 0.2) is 0 Å². The molecule has 3 aromatic rings. The van der Waals surface area contributed by atoms with E-state index in [1.54, 1.807) is 6.92 Å². The minimum atomic E-state index is 0.172. The number of rotatable bonds is 4. The van der Waals surface area contributed by atoms with Gasteiger partial charge in [-0.2, -0.15) is 0 Å². The molecule has 3 heteroatoms. The molecule has 1 saturated heterocycles. The molecule has 0 N–H and O–H groups in total. The lowest BCUT2D eigenvalue weighted by Crippen LogP contribution is -2.48.